The molecule has 4 heteroatoms. The number of fused-ring (bicyclic) bond motifs is 9. The molecule has 4 nitrogen and oxygen atoms in total. The van der Waals surface area contributed by atoms with Gasteiger partial charge in [0.1, 0.15) is 36.9 Å². The van der Waals surface area contributed by atoms with Crippen molar-refractivity contribution < 1.29 is 18.9 Å². The standard InChI is InChI=1S/C47H36O4/c1-3-7-41-29(5-1)14-20-44-45(41)43-19-13-30-6-2-4-8-42(30)46(43)47(44,35-15-9-33-23-37(17-11-31(33)21-35)48-25-39-27-50-39)36-16-10-34-24-38(18-12-32(34)22-36)49-26-40-28-51-40/h1-24,31,33,39-40H,25-28H2. The van der Waals surface area contributed by atoms with E-state index in [4.69, 9.17) is 18.9 Å². The summed E-state index contributed by atoms with van der Waals surface area (Å²) in [6.45, 7) is 2.79. The molecule has 5 unspecified atom stereocenters. The van der Waals surface area contributed by atoms with E-state index < -0.39 is 5.41 Å². The lowest BCUT2D eigenvalue weighted by atomic mass is 9.63. The smallest absolute Gasteiger partial charge is 0.120 e. The Morgan fingerprint density at radius 3 is 2.12 bits per heavy atom. The molecule has 248 valence electrons. The van der Waals surface area contributed by atoms with Crippen LogP contribution in [0.3, 0.4) is 0 Å². The van der Waals surface area contributed by atoms with Crippen LogP contribution in [0.25, 0.3) is 43.4 Å². The fraction of sp³-hybridized carbons (Fsp3) is 0.191. The van der Waals surface area contributed by atoms with Crippen LogP contribution in [0.5, 0.6) is 5.75 Å². The summed E-state index contributed by atoms with van der Waals surface area (Å²) in [5.74, 6) is 2.25. The lowest BCUT2D eigenvalue weighted by molar-refractivity contribution is 0.189. The molecule has 6 aromatic rings. The molecule has 2 aliphatic heterocycles. The van der Waals surface area contributed by atoms with Gasteiger partial charge in [-0.05, 0) is 96.1 Å². The van der Waals surface area contributed by atoms with Gasteiger partial charge in [0.2, 0.25) is 0 Å². The normalized spacial score (nSPS) is 25.3. The summed E-state index contributed by atoms with van der Waals surface area (Å²) < 4.78 is 23.0. The number of rotatable bonds is 8. The molecule has 0 saturated carbocycles. The van der Waals surface area contributed by atoms with Crippen LogP contribution in [0, 0.1) is 11.8 Å². The third-order valence-corrected chi connectivity index (χ3v) is 11.4. The second-order valence-corrected chi connectivity index (χ2v) is 14.5. The van der Waals surface area contributed by atoms with Gasteiger partial charge in [-0.3, -0.25) is 0 Å². The zero-order valence-corrected chi connectivity index (χ0v) is 28.1. The van der Waals surface area contributed by atoms with Crippen molar-refractivity contribution >= 4 is 32.3 Å². The highest BCUT2D eigenvalue weighted by Gasteiger charge is 2.49. The first-order valence-electron chi connectivity index (χ1n) is 18.1. The molecule has 0 amide bonds. The molecule has 2 fully saturated rings. The molecule has 0 bridgehead atoms. The van der Waals surface area contributed by atoms with E-state index >= 15 is 0 Å². The first-order valence-corrected chi connectivity index (χ1v) is 18.1. The maximum atomic E-state index is 6.11. The maximum Gasteiger partial charge on any atom is 0.120 e. The van der Waals surface area contributed by atoms with E-state index in [1.807, 2.05) is 0 Å². The fourth-order valence-electron chi connectivity index (χ4n) is 8.78. The Bertz CT molecular complexity index is 2530. The Hall–Kier alpha value is -5.42. The van der Waals surface area contributed by atoms with Gasteiger partial charge in [-0.15, -0.1) is 0 Å². The largest absolute Gasteiger partial charge is 0.491 e. The van der Waals surface area contributed by atoms with Gasteiger partial charge in [0, 0.05) is 11.8 Å². The maximum absolute atomic E-state index is 6.11. The van der Waals surface area contributed by atoms with E-state index in [1.165, 1.54) is 60.3 Å². The zero-order valence-electron chi connectivity index (χ0n) is 28.1. The highest BCUT2D eigenvalue weighted by Crippen LogP contribution is 2.61. The van der Waals surface area contributed by atoms with Crippen LogP contribution in [0.2, 0.25) is 0 Å². The summed E-state index contributed by atoms with van der Waals surface area (Å²) in [7, 11) is 0. The Balaban J connectivity index is 1.15. The van der Waals surface area contributed by atoms with Crippen molar-refractivity contribution in [3.63, 3.8) is 0 Å². The Kier molecular flexibility index (Phi) is 6.49. The highest BCUT2D eigenvalue weighted by atomic mass is 16.6. The molecule has 51 heavy (non-hydrogen) atoms. The van der Waals surface area contributed by atoms with Crippen molar-refractivity contribution in [2.24, 2.45) is 11.8 Å². The molecule has 11 rings (SSSR count). The third kappa shape index (κ3) is 4.74. The second-order valence-electron chi connectivity index (χ2n) is 14.5. The van der Waals surface area contributed by atoms with Crippen molar-refractivity contribution in [1.29, 1.82) is 0 Å². The molecule has 0 N–H and O–H groups in total. The lowest BCUT2D eigenvalue weighted by Crippen LogP contribution is -2.31. The summed E-state index contributed by atoms with van der Waals surface area (Å²) in [4.78, 5) is 0. The van der Waals surface area contributed by atoms with Crippen molar-refractivity contribution in [2.75, 3.05) is 26.4 Å². The minimum atomic E-state index is -0.554. The van der Waals surface area contributed by atoms with E-state index in [9.17, 15) is 0 Å². The third-order valence-electron chi connectivity index (χ3n) is 11.4. The van der Waals surface area contributed by atoms with Gasteiger partial charge in [-0.1, -0.05) is 115 Å². The van der Waals surface area contributed by atoms with Gasteiger partial charge in [0.25, 0.3) is 0 Å². The monoisotopic (exact) mass is 664 g/mol. The van der Waals surface area contributed by atoms with Crippen LogP contribution in [0.15, 0.2) is 157 Å². The Morgan fingerprint density at radius 1 is 0.608 bits per heavy atom. The van der Waals surface area contributed by atoms with Crippen LogP contribution in [0.1, 0.15) is 16.7 Å². The number of benzene rings is 6. The average molecular weight is 665 g/mol. The van der Waals surface area contributed by atoms with E-state index in [-0.39, 0.29) is 24.0 Å². The van der Waals surface area contributed by atoms with Crippen molar-refractivity contribution in [3.05, 3.63) is 174 Å². The molecule has 3 aliphatic carbocycles. The number of hydrogen-bond donors (Lipinski definition) is 0. The summed E-state index contributed by atoms with van der Waals surface area (Å²) >= 11 is 0. The molecule has 6 aromatic carbocycles. The van der Waals surface area contributed by atoms with Crippen molar-refractivity contribution in [1.82, 2.24) is 0 Å². The zero-order chi connectivity index (χ0) is 33.5. The van der Waals surface area contributed by atoms with Gasteiger partial charge in [0.15, 0.2) is 0 Å². The van der Waals surface area contributed by atoms with Crippen LogP contribution < -0.4 is 4.74 Å². The van der Waals surface area contributed by atoms with Crippen LogP contribution in [-0.4, -0.2) is 38.6 Å². The van der Waals surface area contributed by atoms with E-state index in [0.717, 1.165) is 30.1 Å². The molecular weight excluding hydrogens is 629 g/mol. The molecule has 0 spiro atoms. The summed E-state index contributed by atoms with van der Waals surface area (Å²) in [5, 5.41) is 7.44. The fourth-order valence-corrected chi connectivity index (χ4v) is 8.78. The molecule has 5 aliphatic rings. The van der Waals surface area contributed by atoms with E-state index in [2.05, 4.69) is 146 Å². The first-order chi connectivity index (χ1) is 25.2. The molecule has 2 heterocycles. The predicted octanol–water partition coefficient (Wildman–Crippen LogP) is 9.84. The molecule has 0 radical (unpaired) electrons. The van der Waals surface area contributed by atoms with Crippen molar-refractivity contribution in [3.8, 4) is 16.9 Å². The van der Waals surface area contributed by atoms with Crippen LogP contribution in [-0.2, 0) is 19.6 Å². The van der Waals surface area contributed by atoms with E-state index in [0.29, 0.717) is 13.2 Å². The molecule has 2 saturated heterocycles. The first kappa shape index (κ1) is 29.3. The van der Waals surface area contributed by atoms with Gasteiger partial charge < -0.3 is 18.9 Å². The molecule has 0 aromatic heterocycles. The van der Waals surface area contributed by atoms with Gasteiger partial charge in [0.05, 0.1) is 18.6 Å². The quantitative estimate of drug-likeness (QED) is 0.152. The highest BCUT2D eigenvalue weighted by molar-refractivity contribution is 6.09. The number of ether oxygens (including phenoxy) is 4. The SMILES string of the molecule is C1=CC2C=C(C3(c4ccc5cc(OCC6CO6)ccc5c4)c4ccc5ccccc5c4-c4ccc5ccccc5c43)C=CC2C=C1OCC1CO1. The minimum absolute atomic E-state index is 0.213. The number of epoxide rings is 2. The average Bonchev–Trinajstić information content (AvgIpc) is 4.13. The second kappa shape index (κ2) is 11.3. The van der Waals surface area contributed by atoms with E-state index in [1.54, 1.807) is 0 Å². The molecule has 5 atom stereocenters. The topological polar surface area (TPSA) is 43.5 Å². The summed E-state index contributed by atoms with van der Waals surface area (Å²) in [5.41, 5.74) is 7.33. The minimum Gasteiger partial charge on any atom is -0.491 e. The molecular formula is C47H36O4. The number of hydrogen-bond acceptors (Lipinski definition) is 4. The predicted molar refractivity (Wildman–Crippen MR) is 203 cm³/mol. The Morgan fingerprint density at radius 2 is 1.27 bits per heavy atom. The van der Waals surface area contributed by atoms with Gasteiger partial charge >= 0.3 is 0 Å². The summed E-state index contributed by atoms with van der Waals surface area (Å²) in [6.07, 6.45) is 14.5. The van der Waals surface area contributed by atoms with Gasteiger partial charge in [-0.2, -0.15) is 0 Å². The van der Waals surface area contributed by atoms with Crippen LogP contribution >= 0.6 is 0 Å². The van der Waals surface area contributed by atoms with Crippen molar-refractivity contribution in [2.45, 2.75) is 17.6 Å². The van der Waals surface area contributed by atoms with Gasteiger partial charge in [-0.25, -0.2) is 0 Å². The Labute approximate surface area is 296 Å². The number of allylic oxidation sites excluding steroid dienone is 7. The summed E-state index contributed by atoms with van der Waals surface area (Å²) in [6, 6.07) is 40.7. The van der Waals surface area contributed by atoms with Crippen LogP contribution in [0.4, 0.5) is 0 Å². The lowest BCUT2D eigenvalue weighted by Gasteiger charge is -2.38.